The summed E-state index contributed by atoms with van der Waals surface area (Å²) in [6.45, 7) is 24.6. The molecule has 24 rings (SSSR count). The molecular formula is C107H194N8O3. The fourth-order valence-corrected chi connectivity index (χ4v) is 28.9. The van der Waals surface area contributed by atoms with Gasteiger partial charge in [-0.05, 0) is 376 Å². The number of rotatable bonds is 0. The first-order chi connectivity index (χ1) is 58.0. The number of piperazine rings is 1. The Hall–Kier alpha value is -0.960. The normalized spacial score (nSPS) is 31.9. The van der Waals surface area contributed by atoms with Crippen molar-refractivity contribution in [2.45, 2.75) is 455 Å². The average Bonchev–Trinajstić information content (AvgIpc) is 1.72. The molecule has 0 aromatic carbocycles. The third kappa shape index (κ3) is 29.5. The molecule has 1 unspecified atom stereocenters. The van der Waals surface area contributed by atoms with Crippen LogP contribution in [0.2, 0.25) is 0 Å². The van der Waals surface area contributed by atoms with Gasteiger partial charge in [0, 0.05) is 70.0 Å². The van der Waals surface area contributed by atoms with Gasteiger partial charge in [0.25, 0.3) is 0 Å². The molecule has 14 aliphatic carbocycles. The van der Waals surface area contributed by atoms with Crippen LogP contribution >= 0.6 is 0 Å². The van der Waals surface area contributed by atoms with Gasteiger partial charge in [0.2, 0.25) is 0 Å². The lowest BCUT2D eigenvalue weighted by atomic mass is 9.68. The van der Waals surface area contributed by atoms with Crippen LogP contribution in [-0.2, 0) is 14.2 Å². The molecule has 10 heterocycles. The van der Waals surface area contributed by atoms with Crippen molar-refractivity contribution in [2.75, 3.05) is 138 Å². The highest BCUT2D eigenvalue weighted by Gasteiger charge is 2.44. The van der Waals surface area contributed by atoms with Gasteiger partial charge in [-0.25, -0.2) is 0 Å². The van der Waals surface area contributed by atoms with E-state index in [2.05, 4.69) is 66.8 Å². The van der Waals surface area contributed by atoms with Crippen molar-refractivity contribution in [3.05, 3.63) is 24.3 Å². The van der Waals surface area contributed by atoms with Gasteiger partial charge >= 0.3 is 0 Å². The topological polar surface area (TPSA) is 124 Å². The van der Waals surface area contributed by atoms with E-state index in [1.54, 1.807) is 77.0 Å². The Balaban J connectivity index is 0.000000112. The highest BCUT2D eigenvalue weighted by Crippen LogP contribution is 2.54. The molecule has 0 aromatic heterocycles. The highest BCUT2D eigenvalue weighted by atomic mass is 16.5. The smallest absolute Gasteiger partial charge is 0.0579 e. The maximum atomic E-state index is 5.40. The molecule has 0 amide bonds. The fraction of sp³-hybridized carbons (Fsp3) is 0.963. The second-order valence-electron chi connectivity index (χ2n) is 46.0. The Morgan fingerprint density at radius 1 is 0.169 bits per heavy atom. The largest absolute Gasteiger partial charge is 0.381 e. The van der Waals surface area contributed by atoms with Gasteiger partial charge < -0.3 is 56.7 Å². The number of nitrogens with one attached hydrogen (secondary N) is 8. The lowest BCUT2D eigenvalue weighted by molar-refractivity contribution is -0.0813. The van der Waals surface area contributed by atoms with Crippen LogP contribution in [0, 0.1) is 59.6 Å². The van der Waals surface area contributed by atoms with Crippen molar-refractivity contribution in [3.8, 4) is 0 Å². The second kappa shape index (κ2) is 49.0. The standard InChI is InChI=1S/C11H20.2C10H19N.C10H18O.C10H18.C9H16.C8H17N3.C8H16N2.C8H15N.C8H14O.C8H12.C7H10O/c1-2-4-8-11(7-3-1)9-5-6-10-11;3*1-2-4-10(5-3-1)6-8-11-9-7-10;1-2-6-10(7-3-1)8-4-5-9-10;1-2-6-9(5-1)7-3-4-8-9;1-3-9-4-2-8(1)7-10-5-6-11-8;1-2-8(6-9-4-1)3-5-10-7-8;2*1-2-4-8(3-1)5-6-9-7-8;1-2-5-8(4-1)6-3-7-8;1-2-4-7(3-1)5-8-6-7/h1-10H2;2*11H,1-9H2;1-9H2;1-9H2;1-8H2;9-11H,1-7H2;9-10H,1-7H2;9H,1-7H2;1-7H2;1,4H,2-3,5-7H2;1,3H,2,4-6H2. The minimum Gasteiger partial charge on any atom is -0.381 e. The summed E-state index contributed by atoms with van der Waals surface area (Å²) in [5.41, 5.74) is 8.72. The van der Waals surface area contributed by atoms with E-state index < -0.39 is 0 Å². The Kier molecular flexibility index (Phi) is 39.3. The van der Waals surface area contributed by atoms with E-state index in [-0.39, 0.29) is 0 Å². The van der Waals surface area contributed by atoms with Crippen molar-refractivity contribution < 1.29 is 14.2 Å². The van der Waals surface area contributed by atoms with Gasteiger partial charge in [0.1, 0.15) is 0 Å². The van der Waals surface area contributed by atoms with Crippen molar-refractivity contribution in [3.63, 3.8) is 0 Å². The van der Waals surface area contributed by atoms with Crippen LogP contribution in [0.15, 0.2) is 24.3 Å². The summed E-state index contributed by atoms with van der Waals surface area (Å²) in [7, 11) is 0. The zero-order chi connectivity index (χ0) is 81.0. The molecule has 118 heavy (non-hydrogen) atoms. The van der Waals surface area contributed by atoms with E-state index >= 15 is 0 Å². The van der Waals surface area contributed by atoms with Gasteiger partial charge in [0.05, 0.1) is 19.8 Å². The van der Waals surface area contributed by atoms with Crippen LogP contribution in [0.5, 0.6) is 0 Å². The summed E-state index contributed by atoms with van der Waals surface area (Å²) in [5.74, 6) is 0. The zero-order valence-corrected chi connectivity index (χ0v) is 77.9. The van der Waals surface area contributed by atoms with E-state index in [4.69, 9.17) is 14.2 Å². The van der Waals surface area contributed by atoms with Crippen molar-refractivity contribution in [1.29, 1.82) is 0 Å². The lowest BCUT2D eigenvalue weighted by Gasteiger charge is -2.42. The molecule has 10 aliphatic heterocycles. The molecule has 0 aromatic rings. The van der Waals surface area contributed by atoms with Crippen LogP contribution in [0.4, 0.5) is 0 Å². The van der Waals surface area contributed by atoms with Gasteiger partial charge in [-0.15, -0.1) is 0 Å². The predicted octanol–water partition coefficient (Wildman–Crippen LogP) is 24.9. The third-order valence-corrected chi connectivity index (χ3v) is 37.6. The molecule has 10 saturated heterocycles. The minimum absolute atomic E-state index is 0.434. The van der Waals surface area contributed by atoms with Crippen LogP contribution in [0.25, 0.3) is 0 Å². The Morgan fingerprint density at radius 3 is 0.763 bits per heavy atom. The Bertz CT molecular complexity index is 2280. The SMILES string of the molecule is C1=CC2(CC1)CCC2.C1=CC2(CC1)COC2.C1CC2(CCN1)CNCCN2.C1CCC2(C1)CCCC2.C1CCC2(C1)CCNC2.C1CCC2(C1)CCOC2.C1CCC2(CC1)CCCC2.C1CCC2(CC1)CCNCC2.C1CCC2(CC1)CCNCC2.C1CCC2(CC1)CCOCC2.C1CCCC2(CC1)CCCC2.C1CNCC2(C1)CCNC2. The summed E-state index contributed by atoms with van der Waals surface area (Å²) in [6.07, 6.45) is 113. The molecule has 8 N–H and O–H groups in total. The fourth-order valence-electron chi connectivity index (χ4n) is 28.9. The monoisotopic (exact) mass is 1640 g/mol. The molecule has 0 bridgehead atoms. The van der Waals surface area contributed by atoms with Crippen molar-refractivity contribution >= 4 is 0 Å². The zero-order valence-electron chi connectivity index (χ0n) is 77.9. The molecule has 12 spiro atoms. The average molecular weight is 1640 g/mol. The first-order valence-corrected chi connectivity index (χ1v) is 53.8. The molecule has 1 atom stereocenters. The van der Waals surface area contributed by atoms with E-state index in [0.29, 0.717) is 21.8 Å². The second-order valence-corrected chi connectivity index (χ2v) is 46.0. The highest BCUT2D eigenvalue weighted by molar-refractivity contribution is 5.11. The molecular weight excluding hydrogens is 1450 g/mol. The maximum Gasteiger partial charge on any atom is 0.0579 e. The van der Waals surface area contributed by atoms with Crippen LogP contribution in [0.1, 0.15) is 449 Å². The number of hydrogen-bond acceptors (Lipinski definition) is 11. The Labute approximate surface area is 729 Å². The molecule has 11 nitrogen and oxygen atoms in total. The minimum atomic E-state index is 0.434. The third-order valence-electron chi connectivity index (χ3n) is 37.6. The van der Waals surface area contributed by atoms with Gasteiger partial charge in [0.15, 0.2) is 0 Å². The van der Waals surface area contributed by atoms with E-state index in [1.165, 1.54) is 451 Å². The first kappa shape index (κ1) is 94.6. The van der Waals surface area contributed by atoms with E-state index in [1.807, 2.05) is 0 Å². The quantitative estimate of drug-likeness (QED) is 0.111. The van der Waals surface area contributed by atoms with Crippen molar-refractivity contribution in [1.82, 2.24) is 42.5 Å². The first-order valence-electron chi connectivity index (χ1n) is 53.8. The summed E-state index contributed by atoms with van der Waals surface area (Å²) in [5, 5.41) is 27.8. The van der Waals surface area contributed by atoms with Gasteiger partial charge in [-0.2, -0.15) is 0 Å². The van der Waals surface area contributed by atoms with Crippen LogP contribution in [-0.4, -0.2) is 143 Å². The summed E-state index contributed by atoms with van der Waals surface area (Å²) in [6, 6.07) is 0. The number of hydrogen-bond donors (Lipinski definition) is 8. The van der Waals surface area contributed by atoms with E-state index in [9.17, 15) is 0 Å². The van der Waals surface area contributed by atoms with E-state index in [0.717, 1.165) is 103 Å². The Morgan fingerprint density at radius 2 is 0.466 bits per heavy atom. The molecule has 680 valence electrons. The number of piperidine rings is 4. The molecule has 11 heteroatoms. The predicted molar refractivity (Wildman–Crippen MR) is 502 cm³/mol. The van der Waals surface area contributed by atoms with Gasteiger partial charge in [-0.1, -0.05) is 211 Å². The molecule has 12 saturated carbocycles. The molecule has 24 aliphatic rings. The molecule has 0 radical (unpaired) electrons. The molecule has 22 fully saturated rings. The van der Waals surface area contributed by atoms with Gasteiger partial charge in [-0.3, -0.25) is 0 Å². The van der Waals surface area contributed by atoms with Crippen LogP contribution in [0.3, 0.4) is 0 Å². The maximum absolute atomic E-state index is 5.40. The lowest BCUT2D eigenvalue weighted by Crippen LogP contribution is -2.62. The summed E-state index contributed by atoms with van der Waals surface area (Å²) < 4.78 is 15.9. The van der Waals surface area contributed by atoms with Crippen molar-refractivity contribution in [2.24, 2.45) is 59.6 Å². The number of allylic oxidation sites excluding steroid dienone is 3. The van der Waals surface area contributed by atoms with Crippen LogP contribution < -0.4 is 42.5 Å². The summed E-state index contributed by atoms with van der Waals surface area (Å²) >= 11 is 0. The summed E-state index contributed by atoms with van der Waals surface area (Å²) in [4.78, 5) is 0. The number of ether oxygens (including phenoxy) is 3.